The van der Waals surface area contributed by atoms with E-state index in [0.29, 0.717) is 37.3 Å². The van der Waals surface area contributed by atoms with Gasteiger partial charge < -0.3 is 14.4 Å². The molecule has 24 heavy (non-hydrogen) atoms. The van der Waals surface area contributed by atoms with Crippen LogP contribution in [0.15, 0.2) is 12.1 Å². The van der Waals surface area contributed by atoms with Crippen molar-refractivity contribution in [3.63, 3.8) is 0 Å². The van der Waals surface area contributed by atoms with Crippen LogP contribution in [-0.2, 0) is 19.7 Å². The molecule has 6 heteroatoms. The lowest BCUT2D eigenvalue weighted by atomic mass is 9.74. The number of anilines is 1. The van der Waals surface area contributed by atoms with Crippen molar-refractivity contribution < 1.29 is 23.9 Å². The third-order valence-electron chi connectivity index (χ3n) is 4.95. The number of carbonyl (C=O) groups excluding carboxylic acids is 3. The van der Waals surface area contributed by atoms with Crippen LogP contribution in [0.2, 0.25) is 0 Å². The summed E-state index contributed by atoms with van der Waals surface area (Å²) < 4.78 is 10.5. The normalized spacial score (nSPS) is 18.6. The Morgan fingerprint density at radius 1 is 1.25 bits per heavy atom. The summed E-state index contributed by atoms with van der Waals surface area (Å²) >= 11 is 0. The maximum atomic E-state index is 12.9. The van der Waals surface area contributed by atoms with Gasteiger partial charge >= 0.3 is 5.97 Å². The number of hydrogen-bond acceptors (Lipinski definition) is 5. The second kappa shape index (κ2) is 6.02. The van der Waals surface area contributed by atoms with Gasteiger partial charge in [0.25, 0.3) is 0 Å². The Labute approximate surface area is 140 Å². The molecule has 1 amide bonds. The predicted octanol–water partition coefficient (Wildman–Crippen LogP) is 2.09. The average Bonchev–Trinajstić information content (AvgIpc) is 2.77. The van der Waals surface area contributed by atoms with E-state index in [0.717, 1.165) is 5.56 Å². The fourth-order valence-corrected chi connectivity index (χ4v) is 3.67. The summed E-state index contributed by atoms with van der Waals surface area (Å²) in [5, 5.41) is 0. The second-order valence-electron chi connectivity index (χ2n) is 6.25. The van der Waals surface area contributed by atoms with Crippen LogP contribution >= 0.6 is 0 Å². The highest BCUT2D eigenvalue weighted by atomic mass is 16.5. The third kappa shape index (κ3) is 2.33. The summed E-state index contributed by atoms with van der Waals surface area (Å²) in [6, 6.07) is 3.32. The highest BCUT2D eigenvalue weighted by molar-refractivity contribution is 6.12. The summed E-state index contributed by atoms with van der Waals surface area (Å²) in [5.41, 5.74) is 1.36. The molecule has 0 N–H and O–H groups in total. The number of carbonyl (C=O) groups is 3. The van der Waals surface area contributed by atoms with Crippen molar-refractivity contribution in [2.75, 3.05) is 31.8 Å². The van der Waals surface area contributed by atoms with Crippen molar-refractivity contribution in [3.8, 4) is 0 Å². The number of esters is 1. The van der Waals surface area contributed by atoms with E-state index in [1.54, 1.807) is 31.0 Å². The summed E-state index contributed by atoms with van der Waals surface area (Å²) in [7, 11) is 1.70. The zero-order chi connectivity index (χ0) is 17.5. The van der Waals surface area contributed by atoms with Crippen molar-refractivity contribution in [3.05, 3.63) is 28.8 Å². The van der Waals surface area contributed by atoms with Crippen molar-refractivity contribution in [2.45, 2.75) is 32.1 Å². The first kappa shape index (κ1) is 16.6. The van der Waals surface area contributed by atoms with Crippen molar-refractivity contribution >= 4 is 23.3 Å². The molecule has 0 aliphatic carbocycles. The van der Waals surface area contributed by atoms with Crippen LogP contribution in [0.25, 0.3) is 0 Å². The zero-order valence-corrected chi connectivity index (χ0v) is 14.2. The van der Waals surface area contributed by atoms with Gasteiger partial charge in [-0.2, -0.15) is 0 Å². The minimum Gasteiger partial charge on any atom is -0.462 e. The Kier molecular flexibility index (Phi) is 4.17. The van der Waals surface area contributed by atoms with Crippen molar-refractivity contribution in [1.29, 1.82) is 0 Å². The van der Waals surface area contributed by atoms with Gasteiger partial charge in [-0.15, -0.1) is 0 Å². The number of nitrogens with zero attached hydrogens (tertiary/aromatic N) is 1. The number of hydrogen-bond donors (Lipinski definition) is 0. The standard InChI is InChI=1S/C18H21NO5/c1-4-24-16(21)13-10-15-14(9-12(13)11(2)20)18(17(22)19(15)3)5-7-23-8-6-18/h9-10H,4-8H2,1-3H3. The molecule has 1 saturated heterocycles. The lowest BCUT2D eigenvalue weighted by Crippen LogP contribution is -2.42. The van der Waals surface area contributed by atoms with E-state index in [2.05, 4.69) is 0 Å². The predicted molar refractivity (Wildman–Crippen MR) is 87.5 cm³/mol. The first-order valence-electron chi connectivity index (χ1n) is 8.15. The number of rotatable bonds is 3. The molecular weight excluding hydrogens is 310 g/mol. The van der Waals surface area contributed by atoms with E-state index >= 15 is 0 Å². The first-order chi connectivity index (χ1) is 11.4. The Morgan fingerprint density at radius 3 is 2.50 bits per heavy atom. The van der Waals surface area contributed by atoms with Crippen molar-refractivity contribution in [1.82, 2.24) is 0 Å². The number of ether oxygens (including phenoxy) is 2. The molecule has 2 aliphatic rings. The number of likely N-dealkylation sites (N-methyl/N-ethyl adjacent to an activating group) is 1. The maximum absolute atomic E-state index is 12.9. The zero-order valence-electron chi connectivity index (χ0n) is 14.2. The molecule has 1 fully saturated rings. The molecule has 2 aliphatic heterocycles. The SMILES string of the molecule is CCOC(=O)c1cc2c(cc1C(C)=O)C1(CCOCC1)C(=O)N2C. The van der Waals surface area contributed by atoms with E-state index in [1.807, 2.05) is 0 Å². The summed E-state index contributed by atoms with van der Waals surface area (Å²) in [6.45, 7) is 4.37. The third-order valence-corrected chi connectivity index (χ3v) is 4.95. The number of amides is 1. The largest absolute Gasteiger partial charge is 0.462 e. The van der Waals surface area contributed by atoms with Crippen LogP contribution in [0.5, 0.6) is 0 Å². The highest BCUT2D eigenvalue weighted by Crippen LogP contribution is 2.48. The van der Waals surface area contributed by atoms with E-state index in [1.165, 1.54) is 6.92 Å². The minimum absolute atomic E-state index is 0.00342. The van der Waals surface area contributed by atoms with E-state index in [-0.39, 0.29) is 23.9 Å². The number of Topliss-reactive ketones (excluding diaryl/α,β-unsaturated/α-hetero) is 1. The summed E-state index contributed by atoms with van der Waals surface area (Å²) in [5.74, 6) is -0.763. The Bertz CT molecular complexity index is 718. The number of ketones is 1. The van der Waals surface area contributed by atoms with Gasteiger partial charge in [0.1, 0.15) is 0 Å². The Morgan fingerprint density at radius 2 is 1.92 bits per heavy atom. The molecule has 128 valence electrons. The highest BCUT2D eigenvalue weighted by Gasteiger charge is 2.51. The molecule has 3 rings (SSSR count). The fourth-order valence-electron chi connectivity index (χ4n) is 3.67. The maximum Gasteiger partial charge on any atom is 0.338 e. The topological polar surface area (TPSA) is 72.9 Å². The van der Waals surface area contributed by atoms with Gasteiger partial charge in [-0.25, -0.2) is 4.79 Å². The fraction of sp³-hybridized carbons (Fsp3) is 0.500. The smallest absolute Gasteiger partial charge is 0.338 e. The van der Waals surface area contributed by atoms with E-state index in [9.17, 15) is 14.4 Å². The van der Waals surface area contributed by atoms with Crippen LogP contribution in [0.4, 0.5) is 5.69 Å². The Hall–Kier alpha value is -2.21. The van der Waals surface area contributed by atoms with Crippen LogP contribution < -0.4 is 4.90 Å². The van der Waals surface area contributed by atoms with Gasteiger partial charge in [0, 0.05) is 31.5 Å². The van der Waals surface area contributed by atoms with Crippen LogP contribution in [0.1, 0.15) is 53.0 Å². The van der Waals surface area contributed by atoms with Crippen LogP contribution in [-0.4, -0.2) is 44.5 Å². The van der Waals surface area contributed by atoms with Crippen LogP contribution in [0.3, 0.4) is 0 Å². The molecule has 1 spiro atoms. The molecule has 1 aromatic rings. The molecule has 2 heterocycles. The molecule has 0 radical (unpaired) electrons. The molecule has 1 aromatic carbocycles. The van der Waals surface area contributed by atoms with Gasteiger partial charge in [0.15, 0.2) is 5.78 Å². The van der Waals surface area contributed by atoms with E-state index < -0.39 is 11.4 Å². The second-order valence-corrected chi connectivity index (χ2v) is 6.25. The number of benzene rings is 1. The van der Waals surface area contributed by atoms with Gasteiger partial charge in [0.2, 0.25) is 5.91 Å². The molecule has 6 nitrogen and oxygen atoms in total. The lowest BCUT2D eigenvalue weighted by molar-refractivity contribution is -0.126. The van der Waals surface area contributed by atoms with Gasteiger partial charge in [0.05, 0.1) is 17.6 Å². The summed E-state index contributed by atoms with van der Waals surface area (Å²) in [4.78, 5) is 38.8. The Balaban J connectivity index is 2.19. The van der Waals surface area contributed by atoms with Gasteiger partial charge in [-0.3, -0.25) is 9.59 Å². The van der Waals surface area contributed by atoms with Gasteiger partial charge in [-0.05, 0) is 44.4 Å². The molecule has 0 saturated carbocycles. The first-order valence-corrected chi connectivity index (χ1v) is 8.15. The molecule has 0 aromatic heterocycles. The molecule has 0 unspecified atom stereocenters. The molecule has 0 atom stereocenters. The molecule has 0 bridgehead atoms. The van der Waals surface area contributed by atoms with E-state index in [4.69, 9.17) is 9.47 Å². The lowest BCUT2D eigenvalue weighted by Gasteiger charge is -2.32. The van der Waals surface area contributed by atoms with Crippen molar-refractivity contribution in [2.24, 2.45) is 0 Å². The van der Waals surface area contributed by atoms with Gasteiger partial charge in [-0.1, -0.05) is 0 Å². The quantitative estimate of drug-likeness (QED) is 0.626. The number of fused-ring (bicyclic) bond motifs is 2. The molecular formula is C18H21NO5. The van der Waals surface area contributed by atoms with Crippen LogP contribution in [0, 0.1) is 0 Å². The average molecular weight is 331 g/mol. The summed E-state index contributed by atoms with van der Waals surface area (Å²) in [6.07, 6.45) is 1.17. The minimum atomic E-state index is -0.653. The monoisotopic (exact) mass is 331 g/mol.